The van der Waals surface area contributed by atoms with Crippen molar-refractivity contribution in [2.75, 3.05) is 6.54 Å². The lowest BCUT2D eigenvalue weighted by Gasteiger charge is -2.11. The molecule has 0 saturated heterocycles. The molecule has 0 spiro atoms. The molecule has 4 heteroatoms. The van der Waals surface area contributed by atoms with Crippen molar-refractivity contribution in [3.63, 3.8) is 0 Å². The number of hydrogen-bond acceptors (Lipinski definition) is 2. The van der Waals surface area contributed by atoms with E-state index in [-0.39, 0.29) is 11.7 Å². The molecule has 68 valence electrons. The average molecular weight is 169 g/mol. The monoisotopic (exact) mass is 169 g/mol. The molecule has 0 fully saturated rings. The number of nitrogens with zero attached hydrogens (tertiary/aromatic N) is 3. The summed E-state index contributed by atoms with van der Waals surface area (Å²) in [4.78, 5) is 13.5. The first kappa shape index (κ1) is 11.0. The van der Waals surface area contributed by atoms with E-state index in [0.717, 1.165) is 6.42 Å². The van der Waals surface area contributed by atoms with E-state index in [2.05, 4.69) is 10.0 Å². The van der Waals surface area contributed by atoms with Gasteiger partial charge in [0.05, 0.1) is 0 Å². The van der Waals surface area contributed by atoms with Crippen LogP contribution >= 0.6 is 0 Å². The quantitative estimate of drug-likeness (QED) is 0.354. The molecular formula is C8H15N3O. The number of rotatable bonds is 5. The van der Waals surface area contributed by atoms with E-state index in [1.165, 1.54) is 0 Å². The van der Waals surface area contributed by atoms with Crippen LogP contribution < -0.4 is 0 Å². The lowest BCUT2D eigenvalue weighted by Crippen LogP contribution is -2.12. The van der Waals surface area contributed by atoms with Crippen LogP contribution in [-0.2, 0) is 4.79 Å². The second-order valence-corrected chi connectivity index (χ2v) is 3.27. The third kappa shape index (κ3) is 4.74. The molecule has 2 atom stereocenters. The minimum atomic E-state index is 0.0777. The minimum Gasteiger partial charge on any atom is -0.300 e. The molecule has 12 heavy (non-hydrogen) atoms. The number of ketones is 1. The summed E-state index contributed by atoms with van der Waals surface area (Å²) >= 11 is 0. The second-order valence-electron chi connectivity index (χ2n) is 3.27. The van der Waals surface area contributed by atoms with Crippen molar-refractivity contribution in [2.24, 2.45) is 17.0 Å². The summed E-state index contributed by atoms with van der Waals surface area (Å²) in [6, 6.07) is 0. The van der Waals surface area contributed by atoms with E-state index in [4.69, 9.17) is 5.53 Å². The maximum Gasteiger partial charge on any atom is 0.132 e. The SMILES string of the molecule is CC(=O)[C@@H](C)C[C@@H](C)CN=[N+]=[N-]. The molecule has 0 aromatic heterocycles. The van der Waals surface area contributed by atoms with Crippen LogP contribution in [0.15, 0.2) is 5.11 Å². The fourth-order valence-corrected chi connectivity index (χ4v) is 1.02. The first-order chi connectivity index (χ1) is 5.57. The molecule has 0 unspecified atom stereocenters. The van der Waals surface area contributed by atoms with Crippen LogP contribution in [-0.4, -0.2) is 12.3 Å². The predicted octanol–water partition coefficient (Wildman–Crippen LogP) is 2.55. The number of carbonyl (C=O) groups excluding carboxylic acids is 1. The molecule has 0 radical (unpaired) electrons. The molecular weight excluding hydrogens is 154 g/mol. The molecule has 0 saturated carbocycles. The van der Waals surface area contributed by atoms with Gasteiger partial charge in [-0.15, -0.1) is 0 Å². The van der Waals surface area contributed by atoms with Crippen molar-refractivity contribution in [2.45, 2.75) is 27.2 Å². The molecule has 0 N–H and O–H groups in total. The standard InChI is InChI=1S/C8H15N3O/c1-6(5-10-11-9)4-7(2)8(3)12/h6-7H,4-5H2,1-3H3/t6-,7+/m1/s1. The molecule has 0 bridgehead atoms. The molecule has 0 aromatic rings. The van der Waals surface area contributed by atoms with Gasteiger partial charge in [-0.05, 0) is 24.8 Å². The topological polar surface area (TPSA) is 65.8 Å². The van der Waals surface area contributed by atoms with Crippen molar-refractivity contribution in [3.05, 3.63) is 10.4 Å². The fourth-order valence-electron chi connectivity index (χ4n) is 1.02. The van der Waals surface area contributed by atoms with E-state index in [1.54, 1.807) is 6.92 Å². The molecule has 0 amide bonds. The van der Waals surface area contributed by atoms with Gasteiger partial charge in [0.25, 0.3) is 0 Å². The lowest BCUT2D eigenvalue weighted by atomic mass is 9.95. The van der Waals surface area contributed by atoms with Crippen molar-refractivity contribution in [1.29, 1.82) is 0 Å². The number of hydrogen-bond donors (Lipinski definition) is 0. The Hall–Kier alpha value is -1.02. The number of azide groups is 1. The molecule has 0 rings (SSSR count). The Morgan fingerprint density at radius 2 is 2.17 bits per heavy atom. The summed E-state index contributed by atoms with van der Waals surface area (Å²) in [5, 5.41) is 3.45. The normalized spacial score (nSPS) is 14.6. The van der Waals surface area contributed by atoms with Crippen LogP contribution in [0.4, 0.5) is 0 Å². The highest BCUT2D eigenvalue weighted by Gasteiger charge is 2.11. The Morgan fingerprint density at radius 1 is 1.58 bits per heavy atom. The first-order valence-corrected chi connectivity index (χ1v) is 4.09. The van der Waals surface area contributed by atoms with Crippen molar-refractivity contribution >= 4 is 5.78 Å². The maximum atomic E-state index is 10.8. The van der Waals surface area contributed by atoms with Gasteiger partial charge >= 0.3 is 0 Å². The third-order valence-corrected chi connectivity index (χ3v) is 1.91. The van der Waals surface area contributed by atoms with Gasteiger partial charge in [0.15, 0.2) is 0 Å². The summed E-state index contributed by atoms with van der Waals surface area (Å²) in [5.41, 5.74) is 8.05. The number of Topliss-reactive ketones (excluding diaryl/α,β-unsaturated/α-hetero) is 1. The molecule has 0 heterocycles. The third-order valence-electron chi connectivity index (χ3n) is 1.91. The van der Waals surface area contributed by atoms with Gasteiger partial charge in [-0.2, -0.15) is 0 Å². The zero-order valence-corrected chi connectivity index (χ0v) is 7.82. The molecule has 0 aromatic carbocycles. The predicted molar refractivity (Wildman–Crippen MR) is 47.6 cm³/mol. The van der Waals surface area contributed by atoms with E-state index in [9.17, 15) is 4.79 Å². The second kappa shape index (κ2) is 5.61. The van der Waals surface area contributed by atoms with Crippen molar-refractivity contribution < 1.29 is 4.79 Å². The number of carbonyl (C=O) groups is 1. The van der Waals surface area contributed by atoms with Crippen molar-refractivity contribution in [1.82, 2.24) is 0 Å². The van der Waals surface area contributed by atoms with Gasteiger partial charge < -0.3 is 0 Å². The first-order valence-electron chi connectivity index (χ1n) is 4.09. The molecule has 0 aliphatic rings. The molecule has 4 nitrogen and oxygen atoms in total. The van der Waals surface area contributed by atoms with Gasteiger partial charge in [0, 0.05) is 17.4 Å². The largest absolute Gasteiger partial charge is 0.300 e. The van der Waals surface area contributed by atoms with E-state index < -0.39 is 0 Å². The Morgan fingerprint density at radius 3 is 2.58 bits per heavy atom. The van der Waals surface area contributed by atoms with Crippen LogP contribution in [0, 0.1) is 11.8 Å². The van der Waals surface area contributed by atoms with Crippen LogP contribution in [0.25, 0.3) is 10.4 Å². The highest BCUT2D eigenvalue weighted by atomic mass is 16.1. The van der Waals surface area contributed by atoms with Gasteiger partial charge in [-0.25, -0.2) is 0 Å². The van der Waals surface area contributed by atoms with Crippen molar-refractivity contribution in [3.8, 4) is 0 Å². The smallest absolute Gasteiger partial charge is 0.132 e. The lowest BCUT2D eigenvalue weighted by molar-refractivity contribution is -0.120. The Balaban J connectivity index is 3.75. The van der Waals surface area contributed by atoms with E-state index in [1.807, 2.05) is 13.8 Å². The van der Waals surface area contributed by atoms with E-state index in [0.29, 0.717) is 12.5 Å². The van der Waals surface area contributed by atoms with Crippen LogP contribution in [0.1, 0.15) is 27.2 Å². The molecule has 0 aliphatic carbocycles. The highest BCUT2D eigenvalue weighted by Crippen LogP contribution is 2.12. The van der Waals surface area contributed by atoms with Crippen LogP contribution in [0.5, 0.6) is 0 Å². The highest BCUT2D eigenvalue weighted by molar-refractivity contribution is 5.77. The molecule has 0 aliphatic heterocycles. The summed E-state index contributed by atoms with van der Waals surface area (Å²) in [6.45, 7) is 5.95. The summed E-state index contributed by atoms with van der Waals surface area (Å²) in [6.07, 6.45) is 0.800. The maximum absolute atomic E-state index is 10.8. The van der Waals surface area contributed by atoms with Crippen LogP contribution in [0.2, 0.25) is 0 Å². The Bertz CT molecular complexity index is 196. The van der Waals surface area contributed by atoms with E-state index >= 15 is 0 Å². The Kier molecular flexibility index (Phi) is 5.13. The van der Waals surface area contributed by atoms with Gasteiger partial charge in [-0.3, -0.25) is 4.79 Å². The Labute approximate surface area is 72.6 Å². The summed E-state index contributed by atoms with van der Waals surface area (Å²) in [5.74, 6) is 0.566. The zero-order valence-electron chi connectivity index (χ0n) is 7.82. The van der Waals surface area contributed by atoms with Gasteiger partial charge in [0.1, 0.15) is 5.78 Å². The average Bonchev–Trinajstić information content (AvgIpc) is 2.00. The summed E-state index contributed by atoms with van der Waals surface area (Å²) in [7, 11) is 0. The van der Waals surface area contributed by atoms with Gasteiger partial charge in [0.2, 0.25) is 0 Å². The van der Waals surface area contributed by atoms with Gasteiger partial charge in [-0.1, -0.05) is 19.0 Å². The zero-order chi connectivity index (χ0) is 9.56. The minimum absolute atomic E-state index is 0.0777. The summed E-state index contributed by atoms with van der Waals surface area (Å²) < 4.78 is 0. The van der Waals surface area contributed by atoms with Crippen LogP contribution in [0.3, 0.4) is 0 Å². The fraction of sp³-hybridized carbons (Fsp3) is 0.875.